The smallest absolute Gasteiger partial charge is 0.293 e. The summed E-state index contributed by atoms with van der Waals surface area (Å²) in [5.74, 6) is 0.525. The van der Waals surface area contributed by atoms with Gasteiger partial charge in [0.2, 0.25) is 0 Å². The van der Waals surface area contributed by atoms with Crippen LogP contribution in [0.1, 0.15) is 56.2 Å². The third kappa shape index (κ3) is 5.07. The van der Waals surface area contributed by atoms with Crippen molar-refractivity contribution in [3.63, 3.8) is 0 Å². The van der Waals surface area contributed by atoms with Gasteiger partial charge in [-0.05, 0) is 72.7 Å². The number of carbonyl (C=O) groups excluding carboxylic acids is 2. The Kier molecular flexibility index (Phi) is 7.12. The summed E-state index contributed by atoms with van der Waals surface area (Å²) in [4.78, 5) is 46.7. The first kappa shape index (κ1) is 27.4. The molecule has 2 aliphatic rings. The first-order valence-corrected chi connectivity index (χ1v) is 14.1. The molecule has 214 valence electrons. The highest BCUT2D eigenvalue weighted by Crippen LogP contribution is 2.41. The Balaban J connectivity index is 1.32. The summed E-state index contributed by atoms with van der Waals surface area (Å²) < 4.78 is 1.43. The number of nitrogens with one attached hydrogen (secondary N) is 1. The second kappa shape index (κ2) is 10.9. The molecule has 9 nitrogen and oxygen atoms in total. The molecule has 0 atom stereocenters. The van der Waals surface area contributed by atoms with E-state index in [1.54, 1.807) is 56.5 Å². The standard InChI is InChI=1S/C33H33N5O4/c1-36(2)31(40)21-9-12-24(13-10-21)34-30-33(42)37(3)18-28(35-30)26-5-4-6-29(27(26)19-39)38-16-15-23-17-22(20-7-8-20)11-14-25(23)32(38)41/h4-6,9-14,17-18,20,39H,7-8,15-16,19H2,1-3H3,(H,34,35). The average molecular weight is 564 g/mol. The summed E-state index contributed by atoms with van der Waals surface area (Å²) >= 11 is 0. The fourth-order valence-electron chi connectivity index (χ4n) is 5.55. The first-order valence-electron chi connectivity index (χ1n) is 14.1. The van der Waals surface area contributed by atoms with E-state index in [2.05, 4.69) is 22.4 Å². The highest BCUT2D eigenvalue weighted by Gasteiger charge is 2.30. The second-order valence-electron chi connectivity index (χ2n) is 11.2. The number of nitrogens with zero attached hydrogens (tertiary/aromatic N) is 4. The average Bonchev–Trinajstić information content (AvgIpc) is 3.85. The number of amides is 2. The van der Waals surface area contributed by atoms with Gasteiger partial charge in [0.1, 0.15) is 0 Å². The fraction of sp³-hybridized carbons (Fsp3) is 0.273. The lowest BCUT2D eigenvalue weighted by molar-refractivity contribution is 0.0827. The van der Waals surface area contributed by atoms with Gasteiger partial charge in [0.05, 0.1) is 18.0 Å². The predicted octanol–water partition coefficient (Wildman–Crippen LogP) is 4.47. The van der Waals surface area contributed by atoms with Crippen LogP contribution in [0.3, 0.4) is 0 Å². The molecule has 0 bridgehead atoms. The van der Waals surface area contributed by atoms with Crippen LogP contribution in [0.25, 0.3) is 11.3 Å². The minimum absolute atomic E-state index is 0.0857. The molecule has 1 aliphatic carbocycles. The molecule has 0 spiro atoms. The number of carbonyl (C=O) groups is 2. The summed E-state index contributed by atoms with van der Waals surface area (Å²) in [5, 5.41) is 13.6. The lowest BCUT2D eigenvalue weighted by Crippen LogP contribution is -2.38. The molecule has 1 aliphatic heterocycles. The molecule has 3 aromatic carbocycles. The van der Waals surface area contributed by atoms with Crippen LogP contribution in [0.5, 0.6) is 0 Å². The molecule has 2 heterocycles. The number of hydrogen-bond donors (Lipinski definition) is 2. The van der Waals surface area contributed by atoms with Crippen LogP contribution >= 0.6 is 0 Å². The zero-order valence-electron chi connectivity index (χ0n) is 23.9. The molecular formula is C33H33N5O4. The predicted molar refractivity (Wildman–Crippen MR) is 162 cm³/mol. The Labute approximate surface area is 244 Å². The maximum Gasteiger partial charge on any atom is 0.293 e. The van der Waals surface area contributed by atoms with E-state index in [1.807, 2.05) is 24.3 Å². The Morgan fingerprint density at radius 1 is 1.05 bits per heavy atom. The van der Waals surface area contributed by atoms with Crippen LogP contribution in [0.4, 0.5) is 17.2 Å². The van der Waals surface area contributed by atoms with Gasteiger partial charge in [0.15, 0.2) is 5.82 Å². The molecule has 0 radical (unpaired) electrons. The Morgan fingerprint density at radius 2 is 1.81 bits per heavy atom. The molecule has 0 unspecified atom stereocenters. The molecule has 1 aromatic heterocycles. The number of aromatic nitrogens is 2. The van der Waals surface area contributed by atoms with Gasteiger partial charge in [-0.15, -0.1) is 0 Å². The van der Waals surface area contributed by atoms with Crippen LogP contribution in [0.15, 0.2) is 71.7 Å². The molecule has 1 saturated carbocycles. The van der Waals surface area contributed by atoms with E-state index >= 15 is 0 Å². The SMILES string of the molecule is CN(C)C(=O)c1ccc(Nc2nc(-c3cccc(N4CCc5cc(C6CC6)ccc5C4=O)c3CO)cn(C)c2=O)cc1. The van der Waals surface area contributed by atoms with Crippen LogP contribution in [-0.4, -0.2) is 52.0 Å². The summed E-state index contributed by atoms with van der Waals surface area (Å²) in [6.45, 7) is 0.202. The molecule has 0 saturated heterocycles. The molecule has 2 N–H and O–H groups in total. The number of aliphatic hydroxyl groups is 1. The van der Waals surface area contributed by atoms with E-state index in [1.165, 1.54) is 27.9 Å². The first-order chi connectivity index (χ1) is 20.2. The number of benzene rings is 3. The van der Waals surface area contributed by atoms with Crippen molar-refractivity contribution in [2.24, 2.45) is 7.05 Å². The van der Waals surface area contributed by atoms with Gasteiger partial charge < -0.3 is 24.8 Å². The highest BCUT2D eigenvalue weighted by atomic mass is 16.3. The summed E-state index contributed by atoms with van der Waals surface area (Å²) in [7, 11) is 5.02. The largest absolute Gasteiger partial charge is 0.392 e. The molecule has 6 rings (SSSR count). The number of hydrogen-bond acceptors (Lipinski definition) is 6. The summed E-state index contributed by atoms with van der Waals surface area (Å²) in [6, 6.07) is 18.5. The lowest BCUT2D eigenvalue weighted by Gasteiger charge is -2.31. The van der Waals surface area contributed by atoms with Gasteiger partial charge in [-0.25, -0.2) is 4.98 Å². The van der Waals surface area contributed by atoms with Crippen molar-refractivity contribution in [3.05, 3.63) is 105 Å². The monoisotopic (exact) mass is 563 g/mol. The minimum Gasteiger partial charge on any atom is -0.392 e. The number of aliphatic hydroxyl groups excluding tert-OH is 1. The van der Waals surface area contributed by atoms with Crippen LogP contribution in [-0.2, 0) is 20.1 Å². The third-order valence-corrected chi connectivity index (χ3v) is 8.01. The topological polar surface area (TPSA) is 108 Å². The van der Waals surface area contributed by atoms with Crippen molar-refractivity contribution in [3.8, 4) is 11.3 Å². The van der Waals surface area contributed by atoms with Crippen molar-refractivity contribution in [2.75, 3.05) is 30.9 Å². The van der Waals surface area contributed by atoms with E-state index in [0.29, 0.717) is 51.8 Å². The molecule has 1 fully saturated rings. The molecular weight excluding hydrogens is 530 g/mol. The van der Waals surface area contributed by atoms with Crippen molar-refractivity contribution in [1.29, 1.82) is 0 Å². The van der Waals surface area contributed by atoms with Crippen LogP contribution in [0.2, 0.25) is 0 Å². The van der Waals surface area contributed by atoms with Crippen LogP contribution < -0.4 is 15.8 Å². The highest BCUT2D eigenvalue weighted by molar-refractivity contribution is 6.09. The van der Waals surface area contributed by atoms with Gasteiger partial charge in [0.25, 0.3) is 17.4 Å². The fourth-order valence-corrected chi connectivity index (χ4v) is 5.55. The van der Waals surface area contributed by atoms with Gasteiger partial charge in [-0.1, -0.05) is 24.3 Å². The van der Waals surface area contributed by atoms with Crippen molar-refractivity contribution in [1.82, 2.24) is 14.5 Å². The van der Waals surface area contributed by atoms with E-state index in [-0.39, 0.29) is 29.8 Å². The Morgan fingerprint density at radius 3 is 2.50 bits per heavy atom. The van der Waals surface area contributed by atoms with E-state index < -0.39 is 0 Å². The maximum atomic E-state index is 13.6. The van der Waals surface area contributed by atoms with E-state index in [9.17, 15) is 19.5 Å². The lowest BCUT2D eigenvalue weighted by atomic mass is 9.93. The zero-order valence-corrected chi connectivity index (χ0v) is 23.9. The van der Waals surface area contributed by atoms with E-state index in [4.69, 9.17) is 0 Å². The molecule has 4 aromatic rings. The number of anilines is 3. The third-order valence-electron chi connectivity index (χ3n) is 8.01. The zero-order chi connectivity index (χ0) is 29.5. The normalized spacial score (nSPS) is 14.5. The molecule has 2 amide bonds. The van der Waals surface area contributed by atoms with E-state index in [0.717, 1.165) is 12.0 Å². The number of fused-ring (bicyclic) bond motifs is 1. The van der Waals surface area contributed by atoms with Crippen LogP contribution in [0, 0.1) is 0 Å². The van der Waals surface area contributed by atoms with Crippen molar-refractivity contribution in [2.45, 2.75) is 31.8 Å². The number of aryl methyl sites for hydroxylation is 1. The Hall–Kier alpha value is -4.76. The van der Waals surface area contributed by atoms with Gasteiger partial charge in [-0.2, -0.15) is 0 Å². The molecule has 9 heteroatoms. The number of rotatable bonds is 7. The summed E-state index contributed by atoms with van der Waals surface area (Å²) in [6.07, 6.45) is 4.79. The Bertz CT molecular complexity index is 1760. The minimum atomic E-state index is -0.331. The molecule has 42 heavy (non-hydrogen) atoms. The quantitative estimate of drug-likeness (QED) is 0.344. The summed E-state index contributed by atoms with van der Waals surface area (Å²) in [5.41, 5.74) is 6.19. The second-order valence-corrected chi connectivity index (χ2v) is 11.2. The van der Waals surface area contributed by atoms with Crippen molar-refractivity contribution >= 4 is 29.0 Å². The van der Waals surface area contributed by atoms with Gasteiger partial charge >= 0.3 is 0 Å². The van der Waals surface area contributed by atoms with Gasteiger partial charge in [0, 0.05) is 61.8 Å². The maximum absolute atomic E-state index is 13.6. The van der Waals surface area contributed by atoms with Crippen molar-refractivity contribution < 1.29 is 14.7 Å². The van der Waals surface area contributed by atoms with Gasteiger partial charge in [-0.3, -0.25) is 14.4 Å².